The molecule has 3 N–H and O–H groups in total. The van der Waals surface area contributed by atoms with E-state index in [0.29, 0.717) is 12.0 Å². The second-order valence-electron chi connectivity index (χ2n) is 9.11. The molecule has 6 heteroatoms. The van der Waals surface area contributed by atoms with Gasteiger partial charge in [0.05, 0.1) is 7.11 Å². The van der Waals surface area contributed by atoms with Gasteiger partial charge in [-0.2, -0.15) is 0 Å². The Morgan fingerprint density at radius 3 is 2.50 bits per heavy atom. The summed E-state index contributed by atoms with van der Waals surface area (Å²) in [6.07, 6.45) is 5.22. The number of carbonyl (C=O) groups excluding carboxylic acids is 1. The van der Waals surface area contributed by atoms with E-state index in [1.54, 1.807) is 12.1 Å². The molecule has 0 spiro atoms. The zero-order valence-corrected chi connectivity index (χ0v) is 19.0. The predicted molar refractivity (Wildman–Crippen MR) is 125 cm³/mol. The molecular formula is C26H34FN3O2. The first kappa shape index (κ1) is 22.7. The van der Waals surface area contributed by atoms with Crippen LogP contribution in [0.25, 0.3) is 0 Å². The first-order valence-corrected chi connectivity index (χ1v) is 11.7. The molecule has 1 saturated carbocycles. The molecule has 0 radical (unpaired) electrons. The van der Waals surface area contributed by atoms with Gasteiger partial charge in [-0.3, -0.25) is 4.79 Å². The molecule has 2 aromatic carbocycles. The van der Waals surface area contributed by atoms with Crippen molar-refractivity contribution in [3.8, 4) is 5.75 Å². The third kappa shape index (κ3) is 5.48. The maximum atomic E-state index is 14.0. The number of rotatable bonds is 7. The largest absolute Gasteiger partial charge is 0.494 e. The minimum absolute atomic E-state index is 0.0231. The molecule has 5 nitrogen and oxygen atoms in total. The molecule has 1 unspecified atom stereocenters. The van der Waals surface area contributed by atoms with Crippen LogP contribution in [-0.4, -0.2) is 38.2 Å². The Morgan fingerprint density at radius 2 is 1.81 bits per heavy atom. The molecule has 2 aromatic rings. The number of piperidine rings is 1. The Kier molecular flexibility index (Phi) is 7.43. The van der Waals surface area contributed by atoms with Crippen LogP contribution in [0.3, 0.4) is 0 Å². The fraction of sp³-hybridized carbons (Fsp3) is 0.500. The average molecular weight is 440 g/mol. The second-order valence-corrected chi connectivity index (χ2v) is 9.11. The van der Waals surface area contributed by atoms with E-state index < -0.39 is 0 Å². The normalized spacial score (nSPS) is 22.5. The SMILES string of the molecule is COc1ccc([C@H](C)NC2CC[C@H](c3ccc(C(=O)NC4CCNCC4)cc3)C2)cc1F. The lowest BCUT2D eigenvalue weighted by Gasteiger charge is -2.23. The molecule has 0 aromatic heterocycles. The van der Waals surface area contributed by atoms with Gasteiger partial charge in [0.1, 0.15) is 0 Å². The maximum Gasteiger partial charge on any atom is 0.251 e. The summed E-state index contributed by atoms with van der Waals surface area (Å²) in [5.41, 5.74) is 2.95. The second kappa shape index (κ2) is 10.5. The molecule has 1 aliphatic heterocycles. The minimum atomic E-state index is -0.327. The molecule has 2 aliphatic rings. The van der Waals surface area contributed by atoms with Gasteiger partial charge in [0.15, 0.2) is 11.6 Å². The van der Waals surface area contributed by atoms with Crippen LogP contribution in [0.5, 0.6) is 5.75 Å². The highest BCUT2D eigenvalue weighted by molar-refractivity contribution is 5.94. The molecule has 2 fully saturated rings. The highest BCUT2D eigenvalue weighted by Gasteiger charge is 2.27. The summed E-state index contributed by atoms with van der Waals surface area (Å²) in [5.74, 6) is 0.450. The predicted octanol–water partition coefficient (Wildman–Crippen LogP) is 4.30. The average Bonchev–Trinajstić information content (AvgIpc) is 3.28. The van der Waals surface area contributed by atoms with Crippen molar-refractivity contribution in [2.45, 2.75) is 63.1 Å². The fourth-order valence-corrected chi connectivity index (χ4v) is 4.98. The number of ether oxygens (including phenoxy) is 1. The number of halogens is 1. The Bertz CT molecular complexity index is 912. The van der Waals surface area contributed by atoms with E-state index in [2.05, 4.69) is 35.0 Å². The highest BCUT2D eigenvalue weighted by Crippen LogP contribution is 2.35. The van der Waals surface area contributed by atoms with Gasteiger partial charge >= 0.3 is 0 Å². The van der Waals surface area contributed by atoms with Crippen LogP contribution < -0.4 is 20.7 Å². The molecule has 0 bridgehead atoms. The van der Waals surface area contributed by atoms with Crippen LogP contribution in [0.1, 0.15) is 72.5 Å². The maximum absolute atomic E-state index is 14.0. The first-order chi connectivity index (χ1) is 15.5. The number of hydrogen-bond donors (Lipinski definition) is 3. The fourth-order valence-electron chi connectivity index (χ4n) is 4.98. The summed E-state index contributed by atoms with van der Waals surface area (Å²) in [5, 5.41) is 10.1. The minimum Gasteiger partial charge on any atom is -0.494 e. The molecule has 1 amide bonds. The molecule has 1 saturated heterocycles. The molecule has 4 rings (SSSR count). The number of hydrogen-bond acceptors (Lipinski definition) is 4. The zero-order chi connectivity index (χ0) is 22.5. The van der Waals surface area contributed by atoms with Gasteiger partial charge in [-0.1, -0.05) is 18.2 Å². The summed E-state index contributed by atoms with van der Waals surface area (Å²) < 4.78 is 19.1. The summed E-state index contributed by atoms with van der Waals surface area (Å²) in [6, 6.07) is 14.0. The summed E-state index contributed by atoms with van der Waals surface area (Å²) in [7, 11) is 1.48. The molecule has 32 heavy (non-hydrogen) atoms. The topological polar surface area (TPSA) is 62.4 Å². The number of carbonyl (C=O) groups is 1. The van der Waals surface area contributed by atoms with Crippen molar-refractivity contribution in [2.75, 3.05) is 20.2 Å². The molecule has 1 aliphatic carbocycles. The molecule has 1 heterocycles. The monoisotopic (exact) mass is 439 g/mol. The molecule has 3 atom stereocenters. The number of benzene rings is 2. The molecular weight excluding hydrogens is 405 g/mol. The number of methoxy groups -OCH3 is 1. The summed E-state index contributed by atoms with van der Waals surface area (Å²) in [6.45, 7) is 4.00. The standard InChI is InChI=1S/C26H34FN3O2/c1-17(20-8-10-25(32-2)24(27)16-20)29-23-9-7-21(15-23)18-3-5-19(6-4-18)26(31)30-22-11-13-28-14-12-22/h3-6,8,10,16-17,21-23,28-29H,7,9,11-15H2,1-2H3,(H,30,31)/t17-,21-,23?/m0/s1. The van der Waals surface area contributed by atoms with E-state index >= 15 is 0 Å². The van der Waals surface area contributed by atoms with Crippen molar-refractivity contribution in [2.24, 2.45) is 0 Å². The van der Waals surface area contributed by atoms with Crippen molar-refractivity contribution in [1.29, 1.82) is 0 Å². The first-order valence-electron chi connectivity index (χ1n) is 11.7. The van der Waals surface area contributed by atoms with Gasteiger partial charge in [-0.05, 0) is 93.4 Å². The van der Waals surface area contributed by atoms with Crippen LogP contribution in [-0.2, 0) is 0 Å². The highest BCUT2D eigenvalue weighted by atomic mass is 19.1. The van der Waals surface area contributed by atoms with Crippen molar-refractivity contribution < 1.29 is 13.9 Å². The van der Waals surface area contributed by atoms with Crippen molar-refractivity contribution in [3.05, 3.63) is 65.0 Å². The number of amides is 1. The van der Waals surface area contributed by atoms with Crippen LogP contribution in [0.2, 0.25) is 0 Å². The Labute approximate surface area is 190 Å². The van der Waals surface area contributed by atoms with Crippen molar-refractivity contribution in [1.82, 2.24) is 16.0 Å². The third-order valence-electron chi connectivity index (χ3n) is 6.91. The van der Waals surface area contributed by atoms with E-state index in [4.69, 9.17) is 4.74 Å². The van der Waals surface area contributed by atoms with Gasteiger partial charge in [0, 0.05) is 23.7 Å². The van der Waals surface area contributed by atoms with Crippen molar-refractivity contribution >= 4 is 5.91 Å². The third-order valence-corrected chi connectivity index (χ3v) is 6.91. The Hall–Kier alpha value is -2.44. The van der Waals surface area contributed by atoms with Crippen LogP contribution in [0.15, 0.2) is 42.5 Å². The summed E-state index contributed by atoms with van der Waals surface area (Å²) >= 11 is 0. The van der Waals surface area contributed by atoms with E-state index in [0.717, 1.165) is 56.3 Å². The van der Waals surface area contributed by atoms with Gasteiger partial charge in [-0.25, -0.2) is 4.39 Å². The lowest BCUT2D eigenvalue weighted by atomic mass is 9.96. The lowest BCUT2D eigenvalue weighted by Crippen LogP contribution is -2.42. The number of nitrogens with one attached hydrogen (secondary N) is 3. The van der Waals surface area contributed by atoms with Crippen LogP contribution >= 0.6 is 0 Å². The Morgan fingerprint density at radius 1 is 1.06 bits per heavy atom. The van der Waals surface area contributed by atoms with Crippen LogP contribution in [0, 0.1) is 5.82 Å². The molecule has 172 valence electrons. The van der Waals surface area contributed by atoms with E-state index in [1.807, 2.05) is 18.2 Å². The van der Waals surface area contributed by atoms with Gasteiger partial charge in [-0.15, -0.1) is 0 Å². The van der Waals surface area contributed by atoms with Crippen LogP contribution in [0.4, 0.5) is 4.39 Å². The van der Waals surface area contributed by atoms with Crippen molar-refractivity contribution in [3.63, 3.8) is 0 Å². The van der Waals surface area contributed by atoms with E-state index in [9.17, 15) is 9.18 Å². The smallest absolute Gasteiger partial charge is 0.251 e. The van der Waals surface area contributed by atoms with Gasteiger partial charge in [0.2, 0.25) is 0 Å². The van der Waals surface area contributed by atoms with E-state index in [1.165, 1.54) is 12.7 Å². The quantitative estimate of drug-likeness (QED) is 0.602. The van der Waals surface area contributed by atoms with Gasteiger partial charge in [0.25, 0.3) is 5.91 Å². The zero-order valence-electron chi connectivity index (χ0n) is 19.0. The van der Waals surface area contributed by atoms with Gasteiger partial charge < -0.3 is 20.7 Å². The Balaban J connectivity index is 1.30. The summed E-state index contributed by atoms with van der Waals surface area (Å²) in [4.78, 5) is 12.5. The van der Waals surface area contributed by atoms with E-state index in [-0.39, 0.29) is 29.6 Å². The lowest BCUT2D eigenvalue weighted by molar-refractivity contribution is 0.0929.